The number of alkyl halides is 2. The zero-order valence-corrected chi connectivity index (χ0v) is 9.03. The summed E-state index contributed by atoms with van der Waals surface area (Å²) in [4.78, 5) is 0. The summed E-state index contributed by atoms with van der Waals surface area (Å²) in [5, 5.41) is 0. The van der Waals surface area contributed by atoms with Crippen LogP contribution in [-0.2, 0) is 0 Å². The van der Waals surface area contributed by atoms with E-state index in [-0.39, 0.29) is 18.2 Å². The van der Waals surface area contributed by atoms with Gasteiger partial charge in [0.05, 0.1) is 0 Å². The maximum atomic E-state index is 12.7. The van der Waals surface area contributed by atoms with E-state index in [1.807, 2.05) is 0 Å². The standard InChI is InChI=1S/C10H12F3N.ClH/c1-6-4-7(11)2-3-8(6)9(14)5-10(12)13;/h2-4,9-10H,5,14H2,1H3;1H/t9-;/m1./s1. The number of hydrogen-bond acceptors (Lipinski definition) is 1. The van der Waals surface area contributed by atoms with Crippen molar-refractivity contribution in [2.24, 2.45) is 5.73 Å². The summed E-state index contributed by atoms with van der Waals surface area (Å²) in [5.74, 6) is -0.379. The van der Waals surface area contributed by atoms with Gasteiger partial charge in [-0.15, -0.1) is 12.4 Å². The van der Waals surface area contributed by atoms with Gasteiger partial charge >= 0.3 is 0 Å². The van der Waals surface area contributed by atoms with Crippen molar-refractivity contribution >= 4 is 12.4 Å². The summed E-state index contributed by atoms with van der Waals surface area (Å²) in [6, 6.07) is 3.25. The van der Waals surface area contributed by atoms with E-state index in [0.29, 0.717) is 11.1 Å². The van der Waals surface area contributed by atoms with Gasteiger partial charge in [0.1, 0.15) is 5.82 Å². The van der Waals surface area contributed by atoms with Crippen molar-refractivity contribution in [1.29, 1.82) is 0 Å². The summed E-state index contributed by atoms with van der Waals surface area (Å²) in [6.07, 6.45) is -2.83. The molecular formula is C10H13ClF3N. The summed E-state index contributed by atoms with van der Waals surface area (Å²) in [7, 11) is 0. The molecule has 1 aromatic rings. The van der Waals surface area contributed by atoms with Crippen LogP contribution < -0.4 is 5.73 Å². The van der Waals surface area contributed by atoms with Crippen LogP contribution in [0.2, 0.25) is 0 Å². The van der Waals surface area contributed by atoms with Crippen molar-refractivity contribution in [3.05, 3.63) is 35.1 Å². The molecule has 15 heavy (non-hydrogen) atoms. The van der Waals surface area contributed by atoms with Crippen LogP contribution >= 0.6 is 12.4 Å². The fraction of sp³-hybridized carbons (Fsp3) is 0.400. The number of benzene rings is 1. The Hall–Kier alpha value is -0.740. The predicted molar refractivity (Wildman–Crippen MR) is 55.9 cm³/mol. The second-order valence-corrected chi connectivity index (χ2v) is 3.23. The highest BCUT2D eigenvalue weighted by molar-refractivity contribution is 5.85. The summed E-state index contributed by atoms with van der Waals surface area (Å²) < 4.78 is 36.7. The molecule has 0 aliphatic rings. The van der Waals surface area contributed by atoms with Crippen molar-refractivity contribution in [2.45, 2.75) is 25.8 Å². The Morgan fingerprint density at radius 2 is 1.93 bits per heavy atom. The summed E-state index contributed by atoms with van der Waals surface area (Å²) in [6.45, 7) is 1.66. The first-order valence-corrected chi connectivity index (χ1v) is 4.30. The van der Waals surface area contributed by atoms with Gasteiger partial charge in [-0.25, -0.2) is 13.2 Å². The molecule has 5 heteroatoms. The molecule has 1 rings (SSSR count). The first-order chi connectivity index (χ1) is 6.50. The SMILES string of the molecule is Cc1cc(F)ccc1[C@H](N)CC(F)F.Cl. The molecule has 86 valence electrons. The zero-order valence-electron chi connectivity index (χ0n) is 8.21. The van der Waals surface area contributed by atoms with Gasteiger partial charge in [-0.1, -0.05) is 6.07 Å². The van der Waals surface area contributed by atoms with E-state index in [1.165, 1.54) is 18.2 Å². The Kier molecular flexibility index (Phi) is 5.68. The Balaban J connectivity index is 0.00000196. The average Bonchev–Trinajstić information content (AvgIpc) is 2.01. The van der Waals surface area contributed by atoms with Crippen molar-refractivity contribution in [1.82, 2.24) is 0 Å². The van der Waals surface area contributed by atoms with Crippen LogP contribution in [0.5, 0.6) is 0 Å². The van der Waals surface area contributed by atoms with E-state index >= 15 is 0 Å². The summed E-state index contributed by atoms with van der Waals surface area (Å²) in [5.41, 5.74) is 6.73. The third kappa shape index (κ3) is 4.10. The first-order valence-electron chi connectivity index (χ1n) is 4.30. The maximum absolute atomic E-state index is 12.7. The molecule has 0 spiro atoms. The number of halogens is 4. The van der Waals surface area contributed by atoms with Crippen LogP contribution in [0.25, 0.3) is 0 Å². The predicted octanol–water partition coefficient (Wildman–Crippen LogP) is 3.21. The smallest absolute Gasteiger partial charge is 0.240 e. The van der Waals surface area contributed by atoms with Crippen LogP contribution in [0.3, 0.4) is 0 Å². The van der Waals surface area contributed by atoms with Gasteiger partial charge in [0, 0.05) is 12.5 Å². The monoisotopic (exact) mass is 239 g/mol. The average molecular weight is 240 g/mol. The number of hydrogen-bond donors (Lipinski definition) is 1. The second-order valence-electron chi connectivity index (χ2n) is 3.23. The van der Waals surface area contributed by atoms with Crippen LogP contribution in [0.4, 0.5) is 13.2 Å². The van der Waals surface area contributed by atoms with Crippen molar-refractivity contribution in [3.63, 3.8) is 0 Å². The van der Waals surface area contributed by atoms with Gasteiger partial charge in [-0.3, -0.25) is 0 Å². The minimum absolute atomic E-state index is 0. The van der Waals surface area contributed by atoms with Gasteiger partial charge in [0.15, 0.2) is 0 Å². The van der Waals surface area contributed by atoms with Crippen LogP contribution in [0, 0.1) is 12.7 Å². The normalized spacial score (nSPS) is 12.4. The lowest BCUT2D eigenvalue weighted by Crippen LogP contribution is -2.15. The van der Waals surface area contributed by atoms with E-state index < -0.39 is 18.9 Å². The molecule has 0 aliphatic carbocycles. The molecule has 0 radical (unpaired) electrons. The molecule has 2 N–H and O–H groups in total. The Morgan fingerprint density at radius 1 is 1.33 bits per heavy atom. The molecule has 0 unspecified atom stereocenters. The number of nitrogens with two attached hydrogens (primary N) is 1. The molecule has 1 aromatic carbocycles. The highest BCUT2D eigenvalue weighted by Crippen LogP contribution is 2.21. The maximum Gasteiger partial charge on any atom is 0.240 e. The fourth-order valence-corrected chi connectivity index (χ4v) is 1.37. The molecule has 0 saturated heterocycles. The van der Waals surface area contributed by atoms with Crippen molar-refractivity contribution < 1.29 is 13.2 Å². The van der Waals surface area contributed by atoms with Crippen LogP contribution in [0.15, 0.2) is 18.2 Å². The lowest BCUT2D eigenvalue weighted by Gasteiger charge is -2.13. The van der Waals surface area contributed by atoms with Crippen molar-refractivity contribution in [2.75, 3.05) is 0 Å². The van der Waals surface area contributed by atoms with Crippen LogP contribution in [-0.4, -0.2) is 6.43 Å². The van der Waals surface area contributed by atoms with E-state index in [1.54, 1.807) is 6.92 Å². The largest absolute Gasteiger partial charge is 0.324 e. The molecule has 0 fully saturated rings. The van der Waals surface area contributed by atoms with Crippen LogP contribution in [0.1, 0.15) is 23.6 Å². The highest BCUT2D eigenvalue weighted by atomic mass is 35.5. The first kappa shape index (κ1) is 14.3. The number of aryl methyl sites for hydroxylation is 1. The molecule has 0 heterocycles. The highest BCUT2D eigenvalue weighted by Gasteiger charge is 2.14. The zero-order chi connectivity index (χ0) is 10.7. The minimum Gasteiger partial charge on any atom is -0.324 e. The van der Waals surface area contributed by atoms with Gasteiger partial charge < -0.3 is 5.73 Å². The number of rotatable bonds is 3. The molecule has 0 saturated carbocycles. The van der Waals surface area contributed by atoms with E-state index in [9.17, 15) is 13.2 Å². The molecule has 0 bridgehead atoms. The Morgan fingerprint density at radius 3 is 2.40 bits per heavy atom. The molecule has 0 aliphatic heterocycles. The Bertz CT molecular complexity index is 318. The molecular weight excluding hydrogens is 227 g/mol. The minimum atomic E-state index is -2.44. The lowest BCUT2D eigenvalue weighted by atomic mass is 10.00. The van der Waals surface area contributed by atoms with Gasteiger partial charge in [0.2, 0.25) is 6.43 Å². The molecule has 1 nitrogen and oxygen atoms in total. The van der Waals surface area contributed by atoms with Gasteiger partial charge in [-0.05, 0) is 30.2 Å². The quantitative estimate of drug-likeness (QED) is 0.861. The van der Waals surface area contributed by atoms with E-state index in [0.717, 1.165) is 0 Å². The fourth-order valence-electron chi connectivity index (χ4n) is 1.37. The second kappa shape index (κ2) is 5.98. The van der Waals surface area contributed by atoms with Crippen molar-refractivity contribution in [3.8, 4) is 0 Å². The summed E-state index contributed by atoms with van der Waals surface area (Å²) >= 11 is 0. The third-order valence-corrected chi connectivity index (χ3v) is 2.06. The van der Waals surface area contributed by atoms with E-state index in [2.05, 4.69) is 0 Å². The van der Waals surface area contributed by atoms with Gasteiger partial charge in [-0.2, -0.15) is 0 Å². The Labute approximate surface area is 92.9 Å². The topological polar surface area (TPSA) is 26.0 Å². The molecule has 0 amide bonds. The third-order valence-electron chi connectivity index (χ3n) is 2.06. The molecule has 1 atom stereocenters. The lowest BCUT2D eigenvalue weighted by molar-refractivity contribution is 0.128. The van der Waals surface area contributed by atoms with E-state index in [4.69, 9.17) is 5.73 Å². The van der Waals surface area contributed by atoms with Gasteiger partial charge in [0.25, 0.3) is 0 Å². The molecule has 0 aromatic heterocycles.